The molecule has 1 aromatic heterocycles. The van der Waals surface area contributed by atoms with E-state index in [4.69, 9.17) is 21.3 Å². The first-order valence-electron chi connectivity index (χ1n) is 8.56. The lowest BCUT2D eigenvalue weighted by molar-refractivity contribution is 0.0967. The Hall–Kier alpha value is -1.95. The monoisotopic (exact) mass is 388 g/mol. The molecule has 0 bridgehead atoms. The third-order valence-corrected chi connectivity index (χ3v) is 5.49. The fourth-order valence-electron chi connectivity index (χ4n) is 3.13. The number of halogens is 2. The summed E-state index contributed by atoms with van der Waals surface area (Å²) in [6.45, 7) is 1.44. The van der Waals surface area contributed by atoms with E-state index in [0.717, 1.165) is 35.6 Å². The lowest BCUT2D eigenvalue weighted by Crippen LogP contribution is -2.24. The normalized spacial score (nSPS) is 17.8. The predicted octanol–water partition coefficient (Wildman–Crippen LogP) is 5.42. The predicted molar refractivity (Wildman–Crippen MR) is 103 cm³/mol. The quantitative estimate of drug-likeness (QED) is 0.586. The van der Waals surface area contributed by atoms with Crippen LogP contribution in [-0.2, 0) is 11.3 Å². The van der Waals surface area contributed by atoms with Crippen molar-refractivity contribution in [3.05, 3.63) is 69.6 Å². The van der Waals surface area contributed by atoms with Gasteiger partial charge in [-0.2, -0.15) is 0 Å². The van der Waals surface area contributed by atoms with Crippen LogP contribution in [0.3, 0.4) is 0 Å². The van der Waals surface area contributed by atoms with Gasteiger partial charge in [0.05, 0.1) is 24.0 Å². The molecule has 1 aliphatic rings. The molecular weight excluding hydrogens is 371 g/mol. The fourth-order valence-corrected chi connectivity index (χ4v) is 4.24. The van der Waals surface area contributed by atoms with E-state index in [1.165, 1.54) is 17.4 Å². The summed E-state index contributed by atoms with van der Waals surface area (Å²) in [5.74, 6) is -0.235. The molecule has 4 rings (SSSR count). The Bertz CT molecular complexity index is 976. The lowest BCUT2D eigenvalue weighted by atomic mass is 10.1. The molecule has 26 heavy (non-hydrogen) atoms. The molecule has 0 radical (unpaired) electrons. The number of benzene rings is 2. The minimum atomic E-state index is -0.235. The number of aromatic nitrogens is 1. The number of rotatable bonds is 4. The summed E-state index contributed by atoms with van der Waals surface area (Å²) in [7, 11) is 0. The van der Waals surface area contributed by atoms with Gasteiger partial charge >= 0.3 is 0 Å². The highest BCUT2D eigenvalue weighted by atomic mass is 35.5. The summed E-state index contributed by atoms with van der Waals surface area (Å²) >= 11 is 7.57. The van der Waals surface area contributed by atoms with Crippen LogP contribution in [0.15, 0.2) is 58.9 Å². The summed E-state index contributed by atoms with van der Waals surface area (Å²) in [5, 5.41) is 2.60. The van der Waals surface area contributed by atoms with Crippen LogP contribution < -0.4 is 4.80 Å². The molecule has 6 heteroatoms. The molecule has 1 unspecified atom stereocenters. The second-order valence-corrected chi connectivity index (χ2v) is 7.49. The smallest absolute Gasteiger partial charge is 0.190 e. The molecule has 2 heterocycles. The minimum absolute atomic E-state index is 0.133. The second kappa shape index (κ2) is 7.74. The second-order valence-electron chi connectivity index (χ2n) is 6.22. The van der Waals surface area contributed by atoms with Crippen molar-refractivity contribution in [2.75, 3.05) is 6.61 Å². The molecule has 134 valence electrons. The van der Waals surface area contributed by atoms with Gasteiger partial charge in [0, 0.05) is 22.6 Å². The lowest BCUT2D eigenvalue weighted by Gasteiger charge is -2.14. The summed E-state index contributed by atoms with van der Waals surface area (Å²) in [5.41, 5.74) is 2.18. The molecule has 0 saturated carbocycles. The molecule has 1 fully saturated rings. The van der Waals surface area contributed by atoms with Crippen molar-refractivity contribution in [1.29, 1.82) is 0 Å². The molecule has 3 aromatic rings. The van der Waals surface area contributed by atoms with Gasteiger partial charge in [-0.15, -0.1) is 11.3 Å². The van der Waals surface area contributed by atoms with Crippen LogP contribution in [0.4, 0.5) is 10.1 Å². The van der Waals surface area contributed by atoms with Crippen LogP contribution in [0.25, 0.3) is 11.3 Å². The Morgan fingerprint density at radius 1 is 1.23 bits per heavy atom. The number of hydrogen-bond donors (Lipinski definition) is 0. The zero-order chi connectivity index (χ0) is 17.9. The summed E-state index contributed by atoms with van der Waals surface area (Å²) < 4.78 is 22.2. The Labute approximate surface area is 160 Å². The zero-order valence-electron chi connectivity index (χ0n) is 14.1. The first kappa shape index (κ1) is 17.5. The van der Waals surface area contributed by atoms with E-state index in [0.29, 0.717) is 17.1 Å². The molecule has 0 amide bonds. The highest BCUT2D eigenvalue weighted by Gasteiger charge is 2.20. The van der Waals surface area contributed by atoms with Crippen LogP contribution >= 0.6 is 22.9 Å². The van der Waals surface area contributed by atoms with Gasteiger partial charge in [-0.25, -0.2) is 9.38 Å². The van der Waals surface area contributed by atoms with Gasteiger partial charge in [0.1, 0.15) is 5.82 Å². The highest BCUT2D eigenvalue weighted by molar-refractivity contribution is 7.07. The standard InChI is InChI=1S/C20H18ClFN2OS/c21-14-5-3-6-15(11-14)23-20-24(12-16-7-4-10-25-16)19(13-26-20)17-8-1-2-9-18(17)22/h1-3,5-6,8-9,11,13,16H,4,7,10,12H2. The third kappa shape index (κ3) is 3.75. The maximum atomic E-state index is 14.4. The van der Waals surface area contributed by atoms with Gasteiger partial charge in [-0.3, -0.25) is 0 Å². The van der Waals surface area contributed by atoms with E-state index in [2.05, 4.69) is 4.57 Å². The Kier molecular flexibility index (Phi) is 5.20. The van der Waals surface area contributed by atoms with Crippen LogP contribution in [0, 0.1) is 5.82 Å². The largest absolute Gasteiger partial charge is 0.376 e. The number of nitrogens with zero attached hydrogens (tertiary/aromatic N) is 2. The number of ether oxygens (including phenoxy) is 1. The topological polar surface area (TPSA) is 26.5 Å². The Morgan fingerprint density at radius 3 is 2.88 bits per heavy atom. The first-order chi connectivity index (χ1) is 12.7. The van der Waals surface area contributed by atoms with Crippen molar-refractivity contribution in [3.8, 4) is 11.3 Å². The van der Waals surface area contributed by atoms with E-state index in [9.17, 15) is 4.39 Å². The maximum absolute atomic E-state index is 14.4. The van der Waals surface area contributed by atoms with Crippen molar-refractivity contribution in [3.63, 3.8) is 0 Å². The summed E-state index contributed by atoms with van der Waals surface area (Å²) in [6, 6.07) is 14.2. The SMILES string of the molecule is Fc1ccccc1-c1csc(=Nc2cccc(Cl)c2)n1CC1CCCO1. The maximum Gasteiger partial charge on any atom is 0.190 e. The first-order valence-corrected chi connectivity index (χ1v) is 9.81. The molecule has 0 N–H and O–H groups in total. The fraction of sp³-hybridized carbons (Fsp3) is 0.250. The van der Waals surface area contributed by atoms with Crippen molar-refractivity contribution >= 4 is 28.6 Å². The Morgan fingerprint density at radius 2 is 2.12 bits per heavy atom. The Balaban J connectivity index is 1.82. The molecule has 1 aliphatic heterocycles. The van der Waals surface area contributed by atoms with E-state index in [1.54, 1.807) is 12.1 Å². The van der Waals surface area contributed by atoms with Crippen LogP contribution in [0.2, 0.25) is 5.02 Å². The number of thiazole rings is 1. The van der Waals surface area contributed by atoms with Crippen molar-refractivity contribution < 1.29 is 9.13 Å². The molecule has 0 aliphatic carbocycles. The van der Waals surface area contributed by atoms with Gasteiger partial charge in [0.25, 0.3) is 0 Å². The van der Waals surface area contributed by atoms with Crippen LogP contribution in [-0.4, -0.2) is 17.3 Å². The van der Waals surface area contributed by atoms with Gasteiger partial charge in [0.2, 0.25) is 0 Å². The molecule has 1 saturated heterocycles. The summed E-state index contributed by atoms with van der Waals surface area (Å²) in [6.07, 6.45) is 2.20. The highest BCUT2D eigenvalue weighted by Crippen LogP contribution is 2.26. The van der Waals surface area contributed by atoms with Crippen LogP contribution in [0.1, 0.15) is 12.8 Å². The van der Waals surface area contributed by atoms with Gasteiger partial charge < -0.3 is 9.30 Å². The van der Waals surface area contributed by atoms with Gasteiger partial charge in [0.15, 0.2) is 4.80 Å². The van der Waals surface area contributed by atoms with Crippen molar-refractivity contribution in [1.82, 2.24) is 4.57 Å². The van der Waals surface area contributed by atoms with E-state index in [1.807, 2.05) is 35.7 Å². The third-order valence-electron chi connectivity index (χ3n) is 4.39. The molecule has 2 aromatic carbocycles. The molecule has 1 atom stereocenters. The average molecular weight is 389 g/mol. The van der Waals surface area contributed by atoms with Gasteiger partial charge in [-0.1, -0.05) is 29.8 Å². The van der Waals surface area contributed by atoms with Crippen LogP contribution in [0.5, 0.6) is 0 Å². The van der Waals surface area contributed by atoms with E-state index < -0.39 is 0 Å². The average Bonchev–Trinajstić information content (AvgIpc) is 3.27. The number of hydrogen-bond acceptors (Lipinski definition) is 3. The van der Waals surface area contributed by atoms with Crippen molar-refractivity contribution in [2.24, 2.45) is 4.99 Å². The van der Waals surface area contributed by atoms with Gasteiger partial charge in [-0.05, 0) is 43.2 Å². The zero-order valence-corrected chi connectivity index (χ0v) is 15.6. The van der Waals surface area contributed by atoms with E-state index >= 15 is 0 Å². The molecular formula is C20H18ClFN2OS. The molecule has 3 nitrogen and oxygen atoms in total. The molecule has 0 spiro atoms. The minimum Gasteiger partial charge on any atom is -0.376 e. The van der Waals surface area contributed by atoms with Crippen molar-refractivity contribution in [2.45, 2.75) is 25.5 Å². The van der Waals surface area contributed by atoms with E-state index in [-0.39, 0.29) is 11.9 Å². The summed E-state index contributed by atoms with van der Waals surface area (Å²) in [4.78, 5) is 5.55.